The Morgan fingerprint density at radius 3 is 2.59 bits per heavy atom. The Bertz CT molecular complexity index is 261. The fraction of sp³-hybridized carbons (Fsp3) is 0.923. The van der Waals surface area contributed by atoms with Gasteiger partial charge >= 0.3 is 0 Å². The number of aliphatic hydroxyl groups is 1. The Labute approximate surface area is 104 Å². The quantitative estimate of drug-likeness (QED) is 0.767. The van der Waals surface area contributed by atoms with E-state index in [-0.39, 0.29) is 29.8 Å². The van der Waals surface area contributed by atoms with Crippen LogP contribution in [0, 0.1) is 17.3 Å². The molecule has 0 aromatic carbocycles. The first-order valence-corrected chi connectivity index (χ1v) is 6.47. The fourth-order valence-corrected chi connectivity index (χ4v) is 2.45. The monoisotopic (exact) mass is 242 g/mol. The summed E-state index contributed by atoms with van der Waals surface area (Å²) in [4.78, 5) is 14.1. The molecule has 1 aliphatic heterocycles. The van der Waals surface area contributed by atoms with Crippen molar-refractivity contribution in [3.63, 3.8) is 0 Å². The largest absolute Gasteiger partial charge is 0.396 e. The molecule has 1 amide bonds. The van der Waals surface area contributed by atoms with Crippen LogP contribution in [0.2, 0.25) is 0 Å². The lowest BCUT2D eigenvalue weighted by Gasteiger charge is -2.28. The maximum Gasteiger partial charge on any atom is 0.226 e. The number of likely N-dealkylation sites (tertiary alicyclic amines) is 1. The van der Waals surface area contributed by atoms with Crippen LogP contribution in [0.3, 0.4) is 0 Å². The molecular weight excluding hydrogens is 216 g/mol. The van der Waals surface area contributed by atoms with Crippen molar-refractivity contribution in [1.82, 2.24) is 4.90 Å². The zero-order valence-electron chi connectivity index (χ0n) is 11.3. The highest BCUT2D eigenvalue weighted by Crippen LogP contribution is 2.26. The van der Waals surface area contributed by atoms with E-state index in [2.05, 4.69) is 20.8 Å². The molecule has 0 spiro atoms. The second-order valence-corrected chi connectivity index (χ2v) is 6.32. The number of hydrogen-bond donors (Lipinski definition) is 2. The van der Waals surface area contributed by atoms with Crippen LogP contribution in [-0.4, -0.2) is 42.2 Å². The third-order valence-corrected chi connectivity index (χ3v) is 3.35. The van der Waals surface area contributed by atoms with Gasteiger partial charge in [-0.15, -0.1) is 0 Å². The average Bonchev–Trinajstić information content (AvgIpc) is 2.72. The molecule has 1 rings (SSSR count). The summed E-state index contributed by atoms with van der Waals surface area (Å²) >= 11 is 0. The molecule has 0 aromatic rings. The summed E-state index contributed by atoms with van der Waals surface area (Å²) in [6.07, 6.45) is 1.73. The number of nitrogens with zero attached hydrogens (tertiary/aromatic N) is 1. The second kappa shape index (κ2) is 5.83. The molecule has 1 saturated heterocycles. The minimum absolute atomic E-state index is 0.0764. The molecule has 1 aliphatic rings. The van der Waals surface area contributed by atoms with Gasteiger partial charge in [0.15, 0.2) is 0 Å². The number of amides is 1. The van der Waals surface area contributed by atoms with E-state index in [1.54, 1.807) is 0 Å². The highest BCUT2D eigenvalue weighted by Gasteiger charge is 2.31. The number of aliphatic hydroxyl groups excluding tert-OH is 1. The van der Waals surface area contributed by atoms with Gasteiger partial charge in [0.05, 0.1) is 5.92 Å². The Balaban J connectivity index is 2.55. The van der Waals surface area contributed by atoms with E-state index in [1.807, 2.05) is 4.90 Å². The van der Waals surface area contributed by atoms with Crippen LogP contribution in [0.5, 0.6) is 0 Å². The van der Waals surface area contributed by atoms with E-state index in [0.29, 0.717) is 13.1 Å². The summed E-state index contributed by atoms with van der Waals surface area (Å²) in [7, 11) is 0. The Morgan fingerprint density at radius 1 is 1.53 bits per heavy atom. The third-order valence-electron chi connectivity index (χ3n) is 3.35. The van der Waals surface area contributed by atoms with E-state index >= 15 is 0 Å². The highest BCUT2D eigenvalue weighted by atomic mass is 16.3. The van der Waals surface area contributed by atoms with Crippen LogP contribution in [0.15, 0.2) is 0 Å². The van der Waals surface area contributed by atoms with E-state index in [4.69, 9.17) is 10.8 Å². The normalized spacial score (nSPS) is 22.9. The fourth-order valence-electron chi connectivity index (χ4n) is 2.45. The van der Waals surface area contributed by atoms with Crippen LogP contribution < -0.4 is 5.73 Å². The van der Waals surface area contributed by atoms with Gasteiger partial charge in [0, 0.05) is 32.2 Å². The van der Waals surface area contributed by atoms with Crippen molar-refractivity contribution in [3.8, 4) is 0 Å². The summed E-state index contributed by atoms with van der Waals surface area (Å²) < 4.78 is 0. The zero-order chi connectivity index (χ0) is 13.1. The number of carbonyl (C=O) groups is 1. The molecule has 0 saturated carbocycles. The molecule has 2 unspecified atom stereocenters. The van der Waals surface area contributed by atoms with Crippen LogP contribution >= 0.6 is 0 Å². The number of hydrogen-bond acceptors (Lipinski definition) is 3. The van der Waals surface area contributed by atoms with Gasteiger partial charge in [0.25, 0.3) is 0 Å². The smallest absolute Gasteiger partial charge is 0.226 e. The van der Waals surface area contributed by atoms with Crippen molar-refractivity contribution in [2.45, 2.75) is 33.6 Å². The van der Waals surface area contributed by atoms with Gasteiger partial charge < -0.3 is 15.7 Å². The number of carbonyl (C=O) groups excluding carboxylic acids is 1. The van der Waals surface area contributed by atoms with Gasteiger partial charge in [-0.3, -0.25) is 4.79 Å². The summed E-state index contributed by atoms with van der Waals surface area (Å²) in [5, 5.41) is 9.09. The van der Waals surface area contributed by atoms with Crippen LogP contribution in [0.1, 0.15) is 33.6 Å². The molecule has 1 heterocycles. The van der Waals surface area contributed by atoms with Gasteiger partial charge in [-0.25, -0.2) is 0 Å². The maximum atomic E-state index is 12.3. The molecule has 0 aromatic heterocycles. The predicted octanol–water partition coefficient (Wildman–Crippen LogP) is 0.838. The standard InChI is InChI=1S/C13H26N2O2/c1-13(2,3)6-11(7-14)12(17)15-5-4-10(8-15)9-16/h10-11,16H,4-9,14H2,1-3H3. The molecule has 1 fully saturated rings. The summed E-state index contributed by atoms with van der Waals surface area (Å²) in [5.74, 6) is 0.345. The number of nitrogens with two attached hydrogens (primary N) is 1. The van der Waals surface area contributed by atoms with Crippen LogP contribution in [-0.2, 0) is 4.79 Å². The first-order chi connectivity index (χ1) is 7.87. The average molecular weight is 242 g/mol. The highest BCUT2D eigenvalue weighted by molar-refractivity contribution is 5.79. The third kappa shape index (κ3) is 4.28. The molecule has 0 aliphatic carbocycles. The van der Waals surface area contributed by atoms with Crippen molar-refractivity contribution in [1.29, 1.82) is 0 Å². The minimum Gasteiger partial charge on any atom is -0.396 e. The van der Waals surface area contributed by atoms with Gasteiger partial charge in [-0.2, -0.15) is 0 Å². The van der Waals surface area contributed by atoms with E-state index in [0.717, 1.165) is 19.4 Å². The van der Waals surface area contributed by atoms with Crippen molar-refractivity contribution in [2.75, 3.05) is 26.2 Å². The maximum absolute atomic E-state index is 12.3. The molecule has 17 heavy (non-hydrogen) atoms. The molecule has 100 valence electrons. The van der Waals surface area contributed by atoms with Crippen molar-refractivity contribution in [2.24, 2.45) is 23.0 Å². The van der Waals surface area contributed by atoms with E-state index in [1.165, 1.54) is 0 Å². The predicted molar refractivity (Wildman–Crippen MR) is 68.4 cm³/mol. The molecule has 4 nitrogen and oxygen atoms in total. The van der Waals surface area contributed by atoms with Crippen molar-refractivity contribution >= 4 is 5.91 Å². The molecular formula is C13H26N2O2. The van der Waals surface area contributed by atoms with Gasteiger partial charge in [0.1, 0.15) is 0 Å². The molecule has 0 bridgehead atoms. The van der Waals surface area contributed by atoms with E-state index in [9.17, 15) is 4.79 Å². The Morgan fingerprint density at radius 2 is 2.18 bits per heavy atom. The summed E-state index contributed by atoms with van der Waals surface area (Å²) in [6, 6.07) is 0. The molecule has 4 heteroatoms. The second-order valence-electron chi connectivity index (χ2n) is 6.32. The van der Waals surface area contributed by atoms with Gasteiger partial charge in [0.2, 0.25) is 5.91 Å². The molecule has 0 radical (unpaired) electrons. The molecule has 2 atom stereocenters. The lowest BCUT2D eigenvalue weighted by atomic mass is 9.84. The Hall–Kier alpha value is -0.610. The number of rotatable bonds is 4. The van der Waals surface area contributed by atoms with Gasteiger partial charge in [-0.1, -0.05) is 20.8 Å². The van der Waals surface area contributed by atoms with Crippen molar-refractivity contribution < 1.29 is 9.90 Å². The lowest BCUT2D eigenvalue weighted by Crippen LogP contribution is -2.39. The summed E-state index contributed by atoms with van der Waals surface area (Å²) in [5.41, 5.74) is 5.84. The van der Waals surface area contributed by atoms with Crippen molar-refractivity contribution in [3.05, 3.63) is 0 Å². The SMILES string of the molecule is CC(C)(C)CC(CN)C(=O)N1CCC(CO)C1. The topological polar surface area (TPSA) is 66.6 Å². The molecule has 3 N–H and O–H groups in total. The minimum atomic E-state index is -0.0764. The first kappa shape index (κ1) is 14.5. The van der Waals surface area contributed by atoms with Crippen LogP contribution in [0.25, 0.3) is 0 Å². The zero-order valence-corrected chi connectivity index (χ0v) is 11.3. The first-order valence-electron chi connectivity index (χ1n) is 6.47. The summed E-state index contributed by atoms with van der Waals surface area (Å²) in [6.45, 7) is 8.43. The Kier molecular flexibility index (Phi) is 4.95. The van der Waals surface area contributed by atoms with E-state index < -0.39 is 0 Å². The lowest BCUT2D eigenvalue weighted by molar-refractivity contribution is -0.135. The van der Waals surface area contributed by atoms with Crippen LogP contribution in [0.4, 0.5) is 0 Å². The van der Waals surface area contributed by atoms with Gasteiger partial charge in [-0.05, 0) is 18.3 Å².